The second-order valence-electron chi connectivity index (χ2n) is 5.64. The van der Waals surface area contributed by atoms with Gasteiger partial charge in [0.25, 0.3) is 0 Å². The van der Waals surface area contributed by atoms with Crippen LogP contribution in [0.25, 0.3) is 0 Å². The predicted octanol–water partition coefficient (Wildman–Crippen LogP) is 4.50. The first-order valence-electron chi connectivity index (χ1n) is 8.21. The van der Waals surface area contributed by atoms with E-state index in [1.165, 1.54) is 19.1 Å². The van der Waals surface area contributed by atoms with Crippen molar-refractivity contribution < 1.29 is 21.8 Å². The Morgan fingerprint density at radius 3 is 1.96 bits per heavy atom. The molecule has 0 aliphatic heterocycles. The quantitative estimate of drug-likeness (QED) is 0.299. The van der Waals surface area contributed by atoms with Gasteiger partial charge in [-0.3, -0.25) is 4.79 Å². The van der Waals surface area contributed by atoms with Crippen LogP contribution in [-0.4, -0.2) is 27.2 Å². The minimum Gasteiger partial charge on any atom is -0.442 e. The van der Waals surface area contributed by atoms with Gasteiger partial charge >= 0.3 is 16.2 Å². The molecule has 1 atom stereocenters. The summed E-state index contributed by atoms with van der Waals surface area (Å²) in [5.41, 5.74) is 1.84. The molecule has 1 unspecified atom stereocenters. The summed E-state index contributed by atoms with van der Waals surface area (Å²) in [7, 11) is -4.73. The first-order valence-corrected chi connectivity index (χ1v) is 9.59. The summed E-state index contributed by atoms with van der Waals surface area (Å²) in [5, 5.41) is 8.06. The van der Waals surface area contributed by atoms with Gasteiger partial charge in [-0.1, -0.05) is 0 Å². The average molecular weight is 393 g/mol. The lowest BCUT2D eigenvalue weighted by Crippen LogP contribution is -2.36. The summed E-state index contributed by atoms with van der Waals surface area (Å²) < 4.78 is 39.6. The summed E-state index contributed by atoms with van der Waals surface area (Å²) in [6.07, 6.45) is -0.398. The van der Waals surface area contributed by atoms with Gasteiger partial charge in [0.15, 0.2) is 6.23 Å². The second kappa shape index (κ2) is 8.72. The maximum Gasteiger partial charge on any atom is 0.332 e. The highest BCUT2D eigenvalue weighted by molar-refractivity contribution is 7.86. The van der Waals surface area contributed by atoms with Crippen molar-refractivity contribution in [3.8, 4) is 0 Å². The number of halogens is 1. The van der Waals surface area contributed by atoms with E-state index < -0.39 is 21.3 Å². The van der Waals surface area contributed by atoms with Gasteiger partial charge in [0.1, 0.15) is 0 Å². The highest BCUT2D eigenvalue weighted by Crippen LogP contribution is 2.24. The zero-order valence-electron chi connectivity index (χ0n) is 15.2. The van der Waals surface area contributed by atoms with Crippen molar-refractivity contribution in [3.05, 3.63) is 48.5 Å². The number of azo groups is 1. The van der Waals surface area contributed by atoms with E-state index in [1.54, 1.807) is 19.1 Å². The Balaban J connectivity index is 2.10. The van der Waals surface area contributed by atoms with Crippen LogP contribution in [0.1, 0.15) is 20.8 Å². The number of ether oxygens (including phenoxy) is 1. The van der Waals surface area contributed by atoms with Crippen LogP contribution in [0.2, 0.25) is 0 Å². The lowest BCUT2D eigenvalue weighted by Gasteiger charge is -2.29. The molecule has 9 heteroatoms. The van der Waals surface area contributed by atoms with Crippen LogP contribution in [0.5, 0.6) is 0 Å². The fourth-order valence-corrected chi connectivity index (χ4v) is 2.92. The Bertz CT molecular complexity index is 913. The van der Waals surface area contributed by atoms with E-state index in [0.29, 0.717) is 17.9 Å². The molecule has 0 heterocycles. The summed E-state index contributed by atoms with van der Waals surface area (Å²) in [5.74, 6) is -0.349. The normalized spacial score (nSPS) is 12.7. The van der Waals surface area contributed by atoms with E-state index in [9.17, 15) is 17.1 Å². The second-order valence-corrected chi connectivity index (χ2v) is 6.99. The predicted molar refractivity (Wildman–Crippen MR) is 99.6 cm³/mol. The van der Waals surface area contributed by atoms with E-state index in [4.69, 9.17) is 4.74 Å². The van der Waals surface area contributed by atoms with Crippen LogP contribution >= 0.6 is 0 Å². The Hall–Kier alpha value is -2.81. The summed E-state index contributed by atoms with van der Waals surface area (Å²) in [6.45, 7) is 5.76. The number of esters is 1. The van der Waals surface area contributed by atoms with Crippen LogP contribution in [-0.2, 0) is 19.8 Å². The van der Waals surface area contributed by atoms with Gasteiger partial charge in [0.2, 0.25) is 0 Å². The van der Waals surface area contributed by atoms with Crippen molar-refractivity contribution in [2.75, 3.05) is 11.4 Å². The van der Waals surface area contributed by atoms with Crippen LogP contribution in [0.3, 0.4) is 0 Å². The lowest BCUT2D eigenvalue weighted by molar-refractivity contribution is -0.145. The molecule has 0 aromatic heterocycles. The van der Waals surface area contributed by atoms with E-state index in [1.807, 2.05) is 24.0 Å². The summed E-state index contributed by atoms with van der Waals surface area (Å²) >= 11 is 0. The zero-order valence-corrected chi connectivity index (χ0v) is 16.0. The van der Waals surface area contributed by atoms with Gasteiger partial charge in [-0.15, -0.1) is 3.89 Å². The molecule has 27 heavy (non-hydrogen) atoms. The molecule has 144 valence electrons. The van der Waals surface area contributed by atoms with Gasteiger partial charge in [-0.05, 0) is 62.4 Å². The SMILES string of the molecule is CCN(c1ccc(N=Nc2ccc(S(=O)(=O)F)cc2)cc1)C(C)OC(C)=O. The smallest absolute Gasteiger partial charge is 0.332 e. The number of anilines is 1. The number of benzene rings is 2. The van der Waals surface area contributed by atoms with Crippen molar-refractivity contribution in [1.82, 2.24) is 0 Å². The van der Waals surface area contributed by atoms with Gasteiger partial charge < -0.3 is 9.64 Å². The molecule has 0 bridgehead atoms. The first-order chi connectivity index (χ1) is 12.7. The molecule has 0 saturated heterocycles. The molecule has 0 radical (unpaired) electrons. The molecular formula is C18H20FN3O4S. The van der Waals surface area contributed by atoms with Crippen molar-refractivity contribution in [2.24, 2.45) is 10.2 Å². The molecule has 0 amide bonds. The van der Waals surface area contributed by atoms with Gasteiger partial charge in [0, 0.05) is 19.2 Å². The molecule has 0 aliphatic carbocycles. The van der Waals surface area contributed by atoms with Gasteiger partial charge in [-0.25, -0.2) is 0 Å². The van der Waals surface area contributed by atoms with E-state index in [2.05, 4.69) is 10.2 Å². The van der Waals surface area contributed by atoms with Crippen molar-refractivity contribution in [2.45, 2.75) is 31.9 Å². The van der Waals surface area contributed by atoms with Crippen molar-refractivity contribution in [1.29, 1.82) is 0 Å². The third-order valence-corrected chi connectivity index (χ3v) is 4.53. The third kappa shape index (κ3) is 5.85. The summed E-state index contributed by atoms with van der Waals surface area (Å²) in [6, 6.07) is 12.1. The summed E-state index contributed by atoms with van der Waals surface area (Å²) in [4.78, 5) is 12.6. The van der Waals surface area contributed by atoms with Crippen molar-refractivity contribution >= 4 is 33.3 Å². The van der Waals surface area contributed by atoms with Crippen LogP contribution in [0.4, 0.5) is 20.9 Å². The topological polar surface area (TPSA) is 88.4 Å². The van der Waals surface area contributed by atoms with E-state index in [-0.39, 0.29) is 5.97 Å². The van der Waals surface area contributed by atoms with Crippen LogP contribution in [0, 0.1) is 0 Å². The fourth-order valence-electron chi connectivity index (χ4n) is 2.46. The number of rotatable bonds is 7. The number of hydrogen-bond donors (Lipinski definition) is 0. The largest absolute Gasteiger partial charge is 0.442 e. The highest BCUT2D eigenvalue weighted by Gasteiger charge is 2.15. The minimum absolute atomic E-state index is 0.349. The van der Waals surface area contributed by atoms with Crippen molar-refractivity contribution in [3.63, 3.8) is 0 Å². The monoisotopic (exact) mass is 393 g/mol. The molecule has 2 rings (SSSR count). The van der Waals surface area contributed by atoms with Crippen LogP contribution < -0.4 is 4.90 Å². The zero-order chi connectivity index (χ0) is 20.0. The molecular weight excluding hydrogens is 373 g/mol. The molecule has 0 N–H and O–H groups in total. The molecule has 0 spiro atoms. The standard InChI is InChI=1S/C18H20FN3O4S/c1-4-22(13(2)26-14(3)23)17-9-5-15(6-10-17)20-21-16-7-11-18(12-8-16)27(19,24)25/h5-13H,4H2,1-3H3. The Morgan fingerprint density at radius 2 is 1.56 bits per heavy atom. The first kappa shape index (κ1) is 20.5. The average Bonchev–Trinajstić information content (AvgIpc) is 2.60. The number of nitrogens with zero attached hydrogens (tertiary/aromatic N) is 3. The third-order valence-electron chi connectivity index (χ3n) is 3.70. The number of hydrogen-bond acceptors (Lipinski definition) is 7. The maximum atomic E-state index is 12.8. The van der Waals surface area contributed by atoms with Gasteiger partial charge in [-0.2, -0.15) is 18.6 Å². The Morgan fingerprint density at radius 1 is 1.07 bits per heavy atom. The highest BCUT2D eigenvalue weighted by atomic mass is 32.3. The fraction of sp³-hybridized carbons (Fsp3) is 0.278. The molecule has 2 aromatic rings. The van der Waals surface area contributed by atoms with E-state index >= 15 is 0 Å². The van der Waals surface area contributed by atoms with Gasteiger partial charge in [0.05, 0.1) is 16.3 Å². The molecule has 0 aliphatic rings. The van der Waals surface area contributed by atoms with Crippen LogP contribution in [0.15, 0.2) is 63.7 Å². The molecule has 7 nitrogen and oxygen atoms in total. The van der Waals surface area contributed by atoms with E-state index in [0.717, 1.165) is 17.8 Å². The minimum atomic E-state index is -4.73. The molecule has 0 fully saturated rings. The maximum absolute atomic E-state index is 12.8. The lowest BCUT2D eigenvalue weighted by atomic mass is 10.2. The number of carbonyl (C=O) groups is 1. The Labute approximate surface area is 157 Å². The Kier molecular flexibility index (Phi) is 6.62. The molecule has 0 saturated carbocycles. The molecule has 2 aromatic carbocycles. The number of carbonyl (C=O) groups excluding carboxylic acids is 1.